The molecule has 0 radical (unpaired) electrons. The van der Waals surface area contributed by atoms with Gasteiger partial charge in [0.25, 0.3) is 5.91 Å². The maximum atomic E-state index is 12.4. The standard InChI is InChI=1S/C14H17ClN2O3/c15-12-5-6-16-8-11(12)14(20)17-7-1-2-10(9-17)3-4-13(18)19/h5-6,8,10H,1-4,7,9H2,(H,18,19). The van der Waals surface area contributed by atoms with E-state index in [1.807, 2.05) is 0 Å². The maximum Gasteiger partial charge on any atom is 0.303 e. The van der Waals surface area contributed by atoms with Gasteiger partial charge in [0.05, 0.1) is 10.6 Å². The third-order valence-corrected chi connectivity index (χ3v) is 3.90. The fraction of sp³-hybridized carbons (Fsp3) is 0.500. The first-order valence-corrected chi connectivity index (χ1v) is 7.06. The Kier molecular flexibility index (Phi) is 4.95. The van der Waals surface area contributed by atoms with E-state index in [1.165, 1.54) is 6.20 Å². The van der Waals surface area contributed by atoms with Crippen molar-refractivity contribution in [3.05, 3.63) is 29.0 Å². The Labute approximate surface area is 122 Å². The van der Waals surface area contributed by atoms with Crippen LogP contribution in [0, 0.1) is 5.92 Å². The molecule has 1 aromatic heterocycles. The molecular formula is C14H17ClN2O3. The minimum atomic E-state index is -0.788. The summed E-state index contributed by atoms with van der Waals surface area (Å²) in [5.41, 5.74) is 0.410. The van der Waals surface area contributed by atoms with Crippen LogP contribution in [0.1, 0.15) is 36.0 Å². The van der Waals surface area contributed by atoms with Gasteiger partial charge in [0.1, 0.15) is 0 Å². The Hall–Kier alpha value is -1.62. The first-order chi connectivity index (χ1) is 9.58. The van der Waals surface area contributed by atoms with Crippen LogP contribution in [0.2, 0.25) is 5.02 Å². The second-order valence-electron chi connectivity index (χ2n) is 5.05. The van der Waals surface area contributed by atoms with Gasteiger partial charge in [-0.05, 0) is 31.2 Å². The summed E-state index contributed by atoms with van der Waals surface area (Å²) in [4.78, 5) is 28.7. The van der Waals surface area contributed by atoms with Crippen LogP contribution >= 0.6 is 11.6 Å². The number of rotatable bonds is 4. The number of amides is 1. The van der Waals surface area contributed by atoms with Crippen LogP contribution in [-0.4, -0.2) is 40.0 Å². The highest BCUT2D eigenvalue weighted by molar-refractivity contribution is 6.33. The summed E-state index contributed by atoms with van der Waals surface area (Å²) >= 11 is 6.01. The van der Waals surface area contributed by atoms with E-state index in [1.54, 1.807) is 17.2 Å². The largest absolute Gasteiger partial charge is 0.481 e. The smallest absolute Gasteiger partial charge is 0.303 e. The number of carbonyl (C=O) groups excluding carboxylic acids is 1. The van der Waals surface area contributed by atoms with Crippen LogP contribution in [0.5, 0.6) is 0 Å². The van der Waals surface area contributed by atoms with Crippen molar-refractivity contribution < 1.29 is 14.7 Å². The van der Waals surface area contributed by atoms with Gasteiger partial charge in [0.2, 0.25) is 0 Å². The van der Waals surface area contributed by atoms with Gasteiger partial charge in [-0.2, -0.15) is 0 Å². The molecule has 0 aromatic carbocycles. The van der Waals surface area contributed by atoms with Crippen molar-refractivity contribution in [3.63, 3.8) is 0 Å². The highest BCUT2D eigenvalue weighted by Crippen LogP contribution is 2.24. The molecule has 1 unspecified atom stereocenters. The molecule has 0 bridgehead atoms. The normalized spacial score (nSPS) is 18.9. The zero-order valence-corrected chi connectivity index (χ0v) is 11.8. The molecule has 0 saturated carbocycles. The SMILES string of the molecule is O=C(O)CCC1CCCN(C(=O)c2cnccc2Cl)C1. The lowest BCUT2D eigenvalue weighted by Crippen LogP contribution is -2.40. The lowest BCUT2D eigenvalue weighted by Gasteiger charge is -2.32. The summed E-state index contributed by atoms with van der Waals surface area (Å²) in [6.45, 7) is 1.28. The van der Waals surface area contributed by atoms with E-state index in [9.17, 15) is 9.59 Å². The monoisotopic (exact) mass is 296 g/mol. The number of likely N-dealkylation sites (tertiary alicyclic amines) is 1. The summed E-state index contributed by atoms with van der Waals surface area (Å²) in [5.74, 6) is -0.661. The average Bonchev–Trinajstić information content (AvgIpc) is 2.45. The van der Waals surface area contributed by atoms with Crippen molar-refractivity contribution in [1.82, 2.24) is 9.88 Å². The third kappa shape index (κ3) is 3.70. The highest BCUT2D eigenvalue weighted by atomic mass is 35.5. The number of halogens is 1. The van der Waals surface area contributed by atoms with Crippen LogP contribution in [0.3, 0.4) is 0 Å². The Morgan fingerprint density at radius 1 is 1.50 bits per heavy atom. The van der Waals surface area contributed by atoms with Gasteiger partial charge in [-0.3, -0.25) is 14.6 Å². The van der Waals surface area contributed by atoms with Crippen LogP contribution < -0.4 is 0 Å². The van der Waals surface area contributed by atoms with Crippen molar-refractivity contribution in [3.8, 4) is 0 Å². The van der Waals surface area contributed by atoms with Crippen LogP contribution in [0.4, 0.5) is 0 Å². The van der Waals surface area contributed by atoms with E-state index in [4.69, 9.17) is 16.7 Å². The molecule has 1 saturated heterocycles. The minimum absolute atomic E-state index is 0.122. The molecule has 1 aromatic rings. The number of carboxylic acid groups (broad SMARTS) is 1. The number of aliphatic carboxylic acids is 1. The van der Waals surface area contributed by atoms with Crippen LogP contribution in [0.15, 0.2) is 18.5 Å². The van der Waals surface area contributed by atoms with Crippen molar-refractivity contribution in [2.45, 2.75) is 25.7 Å². The number of aromatic nitrogens is 1. The van der Waals surface area contributed by atoms with Crippen molar-refractivity contribution >= 4 is 23.5 Å². The van der Waals surface area contributed by atoms with Gasteiger partial charge in [-0.1, -0.05) is 11.6 Å². The summed E-state index contributed by atoms with van der Waals surface area (Å²) in [7, 11) is 0. The first kappa shape index (κ1) is 14.8. The molecule has 20 heavy (non-hydrogen) atoms. The van der Waals surface area contributed by atoms with Crippen LogP contribution in [0.25, 0.3) is 0 Å². The average molecular weight is 297 g/mol. The number of hydrogen-bond acceptors (Lipinski definition) is 3. The lowest BCUT2D eigenvalue weighted by molar-refractivity contribution is -0.137. The minimum Gasteiger partial charge on any atom is -0.481 e. The topological polar surface area (TPSA) is 70.5 Å². The predicted molar refractivity (Wildman–Crippen MR) is 74.7 cm³/mol. The van der Waals surface area contributed by atoms with E-state index in [2.05, 4.69) is 4.98 Å². The molecule has 108 valence electrons. The van der Waals surface area contributed by atoms with Crippen molar-refractivity contribution in [2.75, 3.05) is 13.1 Å². The second kappa shape index (κ2) is 6.70. The summed E-state index contributed by atoms with van der Waals surface area (Å²) in [5, 5.41) is 9.13. The zero-order chi connectivity index (χ0) is 14.5. The van der Waals surface area contributed by atoms with E-state index in [-0.39, 0.29) is 18.2 Å². The van der Waals surface area contributed by atoms with E-state index >= 15 is 0 Å². The third-order valence-electron chi connectivity index (χ3n) is 3.57. The first-order valence-electron chi connectivity index (χ1n) is 6.68. The Morgan fingerprint density at radius 3 is 3.00 bits per heavy atom. The van der Waals surface area contributed by atoms with Crippen molar-refractivity contribution in [1.29, 1.82) is 0 Å². The Bertz CT molecular complexity index is 507. The number of piperidine rings is 1. The van der Waals surface area contributed by atoms with Crippen molar-refractivity contribution in [2.24, 2.45) is 5.92 Å². The fourth-order valence-electron chi connectivity index (χ4n) is 2.52. The number of carbonyl (C=O) groups is 2. The molecule has 1 amide bonds. The summed E-state index contributed by atoms with van der Waals surface area (Å²) < 4.78 is 0. The molecule has 6 heteroatoms. The molecular weight excluding hydrogens is 280 g/mol. The quantitative estimate of drug-likeness (QED) is 0.926. The predicted octanol–water partition coefficient (Wildman–Crippen LogP) is 2.45. The van der Waals surface area contributed by atoms with Gasteiger partial charge in [0, 0.05) is 31.9 Å². The van der Waals surface area contributed by atoms with Gasteiger partial charge in [-0.25, -0.2) is 0 Å². The lowest BCUT2D eigenvalue weighted by atomic mass is 9.93. The van der Waals surface area contributed by atoms with Crippen LogP contribution in [-0.2, 0) is 4.79 Å². The van der Waals surface area contributed by atoms with Gasteiger partial charge in [-0.15, -0.1) is 0 Å². The van der Waals surface area contributed by atoms with E-state index in [0.717, 1.165) is 12.8 Å². The molecule has 1 N–H and O–H groups in total. The molecule has 1 fully saturated rings. The van der Waals surface area contributed by atoms with Gasteiger partial charge in [0.15, 0.2) is 0 Å². The summed E-state index contributed by atoms with van der Waals surface area (Å²) in [6.07, 6.45) is 5.66. The molecule has 0 spiro atoms. The number of hydrogen-bond donors (Lipinski definition) is 1. The molecule has 1 atom stereocenters. The van der Waals surface area contributed by atoms with E-state index in [0.29, 0.717) is 30.1 Å². The Morgan fingerprint density at radius 2 is 2.30 bits per heavy atom. The van der Waals surface area contributed by atoms with E-state index < -0.39 is 5.97 Å². The zero-order valence-electron chi connectivity index (χ0n) is 11.1. The molecule has 2 rings (SSSR count). The summed E-state index contributed by atoms with van der Waals surface area (Å²) in [6, 6.07) is 1.60. The van der Waals surface area contributed by atoms with Gasteiger partial charge < -0.3 is 10.0 Å². The second-order valence-corrected chi connectivity index (χ2v) is 5.45. The Balaban J connectivity index is 2.00. The molecule has 1 aliphatic heterocycles. The maximum absolute atomic E-state index is 12.4. The number of pyridine rings is 1. The molecule has 5 nitrogen and oxygen atoms in total. The molecule has 1 aliphatic rings. The number of carboxylic acids is 1. The fourth-order valence-corrected chi connectivity index (χ4v) is 2.70. The number of nitrogens with zero attached hydrogens (tertiary/aromatic N) is 2. The highest BCUT2D eigenvalue weighted by Gasteiger charge is 2.25. The molecule has 2 heterocycles. The molecule has 0 aliphatic carbocycles. The van der Waals surface area contributed by atoms with Gasteiger partial charge >= 0.3 is 5.97 Å².